The minimum atomic E-state index is 0.301. The molecule has 1 saturated heterocycles. The Kier molecular flexibility index (Phi) is 4.29. The summed E-state index contributed by atoms with van der Waals surface area (Å²) in [5.41, 5.74) is 5.72. The van der Waals surface area contributed by atoms with Crippen LogP contribution >= 0.6 is 12.2 Å². The highest BCUT2D eigenvalue weighted by Gasteiger charge is 2.29. The topological polar surface area (TPSA) is 32.5 Å². The van der Waals surface area contributed by atoms with Crippen molar-refractivity contribution >= 4 is 17.2 Å². The first-order valence-corrected chi connectivity index (χ1v) is 5.66. The zero-order valence-corrected chi connectivity index (χ0v) is 10.2. The van der Waals surface area contributed by atoms with Crippen LogP contribution in [0.4, 0.5) is 0 Å². The molecule has 1 aliphatic heterocycles. The van der Waals surface area contributed by atoms with E-state index in [0.717, 1.165) is 19.5 Å². The Hall–Kier alpha value is -0.190. The van der Waals surface area contributed by atoms with Gasteiger partial charge in [0.15, 0.2) is 0 Å². The highest BCUT2D eigenvalue weighted by atomic mass is 32.1. The molecule has 0 aliphatic carbocycles. The second-order valence-electron chi connectivity index (χ2n) is 4.23. The molecule has 0 radical (unpaired) electrons. The van der Waals surface area contributed by atoms with Crippen molar-refractivity contribution in [3.63, 3.8) is 0 Å². The van der Waals surface area contributed by atoms with E-state index in [-0.39, 0.29) is 0 Å². The van der Waals surface area contributed by atoms with Crippen molar-refractivity contribution in [3.8, 4) is 0 Å². The fraction of sp³-hybridized carbons (Fsp3) is 0.900. The quantitative estimate of drug-likeness (QED) is 0.699. The second kappa shape index (κ2) is 5.05. The van der Waals surface area contributed by atoms with Crippen LogP contribution in [-0.2, 0) is 0 Å². The molecule has 2 N–H and O–H groups in total. The van der Waals surface area contributed by atoms with Crippen molar-refractivity contribution in [2.45, 2.75) is 31.8 Å². The molecular formula is C10H21N3S. The van der Waals surface area contributed by atoms with E-state index >= 15 is 0 Å². The van der Waals surface area contributed by atoms with Gasteiger partial charge in [0.05, 0.1) is 11.0 Å². The first-order chi connectivity index (χ1) is 6.56. The number of thiocarbonyl (C=S) groups is 1. The van der Waals surface area contributed by atoms with E-state index in [1.165, 1.54) is 6.42 Å². The van der Waals surface area contributed by atoms with Crippen LogP contribution in [0.3, 0.4) is 0 Å². The van der Waals surface area contributed by atoms with Gasteiger partial charge in [-0.25, -0.2) is 0 Å². The Morgan fingerprint density at radius 2 is 2.29 bits per heavy atom. The third kappa shape index (κ3) is 2.65. The fourth-order valence-corrected chi connectivity index (χ4v) is 2.43. The van der Waals surface area contributed by atoms with E-state index in [4.69, 9.17) is 18.0 Å². The first kappa shape index (κ1) is 11.9. The number of nitrogens with zero attached hydrogens (tertiary/aromatic N) is 2. The molecule has 0 aromatic rings. The van der Waals surface area contributed by atoms with Crippen LogP contribution in [0, 0.1) is 0 Å². The van der Waals surface area contributed by atoms with Crippen molar-refractivity contribution in [2.75, 3.05) is 27.2 Å². The van der Waals surface area contributed by atoms with Crippen LogP contribution in [0.15, 0.2) is 0 Å². The molecule has 14 heavy (non-hydrogen) atoms. The zero-order valence-electron chi connectivity index (χ0n) is 9.36. The number of hydrogen-bond acceptors (Lipinski definition) is 3. The van der Waals surface area contributed by atoms with Crippen molar-refractivity contribution in [1.82, 2.24) is 9.80 Å². The summed E-state index contributed by atoms with van der Waals surface area (Å²) in [5, 5.41) is 0. The Balaban J connectivity index is 2.51. The summed E-state index contributed by atoms with van der Waals surface area (Å²) in [6.45, 7) is 4.37. The molecule has 1 aliphatic rings. The molecule has 0 bridgehead atoms. The SMILES string of the molecule is CCC(C(N)=S)N1CCC(N(C)C)C1. The van der Waals surface area contributed by atoms with E-state index in [1.54, 1.807) is 0 Å². The number of nitrogens with two attached hydrogens (primary N) is 1. The van der Waals surface area contributed by atoms with Crippen LogP contribution in [-0.4, -0.2) is 54.1 Å². The summed E-state index contributed by atoms with van der Waals surface area (Å²) >= 11 is 5.08. The Morgan fingerprint density at radius 1 is 1.64 bits per heavy atom. The Labute approximate surface area is 92.2 Å². The summed E-state index contributed by atoms with van der Waals surface area (Å²) in [4.78, 5) is 5.34. The van der Waals surface area contributed by atoms with Gasteiger partial charge in [0.2, 0.25) is 0 Å². The van der Waals surface area contributed by atoms with Gasteiger partial charge >= 0.3 is 0 Å². The van der Waals surface area contributed by atoms with Crippen LogP contribution < -0.4 is 5.73 Å². The van der Waals surface area contributed by atoms with E-state index in [2.05, 4.69) is 30.8 Å². The molecule has 1 heterocycles. The summed E-state index contributed by atoms with van der Waals surface area (Å²) in [6, 6.07) is 0.966. The maximum absolute atomic E-state index is 5.72. The molecule has 0 amide bonds. The highest BCUT2D eigenvalue weighted by Crippen LogP contribution is 2.17. The van der Waals surface area contributed by atoms with Gasteiger partial charge in [-0.2, -0.15) is 0 Å². The van der Waals surface area contributed by atoms with E-state index in [1.807, 2.05) is 0 Å². The third-order valence-corrected chi connectivity index (χ3v) is 3.35. The van der Waals surface area contributed by atoms with Crippen molar-refractivity contribution in [3.05, 3.63) is 0 Å². The number of hydrogen-bond donors (Lipinski definition) is 1. The van der Waals surface area contributed by atoms with Gasteiger partial charge in [0, 0.05) is 19.1 Å². The van der Waals surface area contributed by atoms with Crippen LogP contribution in [0.1, 0.15) is 19.8 Å². The average molecular weight is 215 g/mol. The summed E-state index contributed by atoms with van der Waals surface area (Å²) in [7, 11) is 4.27. The molecule has 1 rings (SSSR count). The predicted molar refractivity (Wildman–Crippen MR) is 64.5 cm³/mol. The molecular weight excluding hydrogens is 194 g/mol. The van der Waals surface area contributed by atoms with Gasteiger partial charge in [0.25, 0.3) is 0 Å². The molecule has 2 unspecified atom stereocenters. The number of likely N-dealkylation sites (N-methyl/N-ethyl adjacent to an activating group) is 1. The molecule has 3 nitrogen and oxygen atoms in total. The fourth-order valence-electron chi connectivity index (χ4n) is 2.11. The van der Waals surface area contributed by atoms with Gasteiger partial charge in [-0.15, -0.1) is 0 Å². The Bertz CT molecular complexity index is 206. The lowest BCUT2D eigenvalue weighted by molar-refractivity contribution is 0.248. The number of rotatable bonds is 4. The lowest BCUT2D eigenvalue weighted by atomic mass is 10.2. The van der Waals surface area contributed by atoms with Gasteiger partial charge in [0.1, 0.15) is 0 Å². The lowest BCUT2D eigenvalue weighted by Crippen LogP contribution is -2.43. The molecule has 0 spiro atoms. The molecule has 0 saturated carbocycles. The minimum absolute atomic E-state index is 0.301. The summed E-state index contributed by atoms with van der Waals surface area (Å²) < 4.78 is 0. The van der Waals surface area contributed by atoms with E-state index in [0.29, 0.717) is 17.1 Å². The third-order valence-electron chi connectivity index (χ3n) is 3.08. The monoisotopic (exact) mass is 215 g/mol. The smallest absolute Gasteiger partial charge is 0.0901 e. The standard InChI is InChI=1S/C10H21N3S/c1-4-9(10(11)14)13-6-5-8(7-13)12(2)3/h8-9H,4-7H2,1-3H3,(H2,11,14). The largest absolute Gasteiger partial charge is 0.392 e. The van der Waals surface area contributed by atoms with Crippen LogP contribution in [0.5, 0.6) is 0 Å². The second-order valence-corrected chi connectivity index (χ2v) is 4.70. The zero-order chi connectivity index (χ0) is 10.7. The predicted octanol–water partition coefficient (Wildman–Crippen LogP) is 0.687. The molecule has 2 atom stereocenters. The maximum atomic E-state index is 5.72. The van der Waals surface area contributed by atoms with Gasteiger partial charge < -0.3 is 10.6 Å². The van der Waals surface area contributed by atoms with E-state index in [9.17, 15) is 0 Å². The molecule has 0 aromatic heterocycles. The molecule has 1 fully saturated rings. The summed E-state index contributed by atoms with van der Waals surface area (Å²) in [6.07, 6.45) is 2.25. The van der Waals surface area contributed by atoms with Crippen molar-refractivity contribution < 1.29 is 0 Å². The molecule has 4 heteroatoms. The average Bonchev–Trinajstić information content (AvgIpc) is 2.53. The normalized spacial score (nSPS) is 25.6. The van der Waals surface area contributed by atoms with Crippen molar-refractivity contribution in [1.29, 1.82) is 0 Å². The Morgan fingerprint density at radius 3 is 2.64 bits per heavy atom. The molecule has 82 valence electrons. The highest BCUT2D eigenvalue weighted by molar-refractivity contribution is 7.80. The minimum Gasteiger partial charge on any atom is -0.392 e. The maximum Gasteiger partial charge on any atom is 0.0901 e. The van der Waals surface area contributed by atoms with Gasteiger partial charge in [-0.05, 0) is 26.9 Å². The van der Waals surface area contributed by atoms with Crippen LogP contribution in [0.2, 0.25) is 0 Å². The van der Waals surface area contributed by atoms with Crippen molar-refractivity contribution in [2.24, 2.45) is 5.73 Å². The summed E-state index contributed by atoms with van der Waals surface area (Å²) in [5.74, 6) is 0. The van der Waals surface area contributed by atoms with Gasteiger partial charge in [-0.1, -0.05) is 19.1 Å². The number of likely N-dealkylation sites (tertiary alicyclic amines) is 1. The van der Waals surface area contributed by atoms with E-state index < -0.39 is 0 Å². The lowest BCUT2D eigenvalue weighted by Gasteiger charge is -2.26. The molecule has 0 aromatic carbocycles. The first-order valence-electron chi connectivity index (χ1n) is 5.26. The van der Waals surface area contributed by atoms with Gasteiger partial charge in [-0.3, -0.25) is 4.90 Å². The van der Waals surface area contributed by atoms with Crippen LogP contribution in [0.25, 0.3) is 0 Å².